The maximum absolute atomic E-state index is 5.61. The van der Waals surface area contributed by atoms with E-state index in [1.807, 2.05) is 0 Å². The fourth-order valence-electron chi connectivity index (χ4n) is 1.64. The predicted octanol–water partition coefficient (Wildman–Crippen LogP) is 2.98. The van der Waals surface area contributed by atoms with Crippen molar-refractivity contribution in [3.8, 4) is 0 Å². The molecule has 1 radical (unpaired) electrons. The molecule has 15 heavy (non-hydrogen) atoms. The Labute approximate surface area is 119 Å². The van der Waals surface area contributed by atoms with Crippen molar-refractivity contribution in [3.05, 3.63) is 12.8 Å². The molecule has 2 nitrogen and oxygen atoms in total. The Morgan fingerprint density at radius 3 is 2.87 bits per heavy atom. The standard InChI is InChI=1S/C12H22O2.Y/c1-3-6-11(2)8-10-14-12-7-4-5-9-13-12;/h3,8,11-12H,4-7,9-10H2,1-2H3;/q-2;. The van der Waals surface area contributed by atoms with Gasteiger partial charge in [0.1, 0.15) is 0 Å². The van der Waals surface area contributed by atoms with Crippen LogP contribution in [0.1, 0.15) is 39.5 Å². The largest absolute Gasteiger partial charge is 0.385 e. The molecule has 0 amide bonds. The Bertz CT molecular complexity index is 136. The van der Waals surface area contributed by atoms with E-state index in [-0.39, 0.29) is 39.0 Å². The SMILES string of the molecule is C[CH-]CC(C)[CH-]COC1CCCCO1.[Y]. The van der Waals surface area contributed by atoms with E-state index < -0.39 is 0 Å². The third-order valence-corrected chi connectivity index (χ3v) is 2.53. The van der Waals surface area contributed by atoms with Crippen molar-refractivity contribution in [3.63, 3.8) is 0 Å². The molecule has 1 rings (SSSR count). The van der Waals surface area contributed by atoms with E-state index in [1.54, 1.807) is 0 Å². The van der Waals surface area contributed by atoms with Gasteiger partial charge in [0.05, 0.1) is 0 Å². The monoisotopic (exact) mass is 287 g/mol. The van der Waals surface area contributed by atoms with Gasteiger partial charge in [0, 0.05) is 39.3 Å². The number of ether oxygens (including phenoxy) is 2. The molecule has 1 saturated heterocycles. The summed E-state index contributed by atoms with van der Waals surface area (Å²) in [7, 11) is 0. The molecule has 0 saturated carbocycles. The number of hydrogen-bond acceptors (Lipinski definition) is 2. The Kier molecular flexibility index (Phi) is 10.9. The van der Waals surface area contributed by atoms with Gasteiger partial charge in [-0.2, -0.15) is 12.8 Å². The zero-order valence-corrected chi connectivity index (χ0v) is 12.8. The van der Waals surface area contributed by atoms with Crippen LogP contribution < -0.4 is 0 Å². The molecule has 2 unspecified atom stereocenters. The summed E-state index contributed by atoms with van der Waals surface area (Å²) in [6.07, 6.45) is 9.08. The quantitative estimate of drug-likeness (QED) is 0.699. The van der Waals surface area contributed by atoms with Crippen LogP contribution in [0.25, 0.3) is 0 Å². The summed E-state index contributed by atoms with van der Waals surface area (Å²) in [5.74, 6) is 0.614. The van der Waals surface area contributed by atoms with Gasteiger partial charge >= 0.3 is 0 Å². The zero-order chi connectivity index (χ0) is 10.2. The van der Waals surface area contributed by atoms with Gasteiger partial charge in [-0.25, -0.2) is 6.42 Å². The Morgan fingerprint density at radius 2 is 2.27 bits per heavy atom. The number of hydrogen-bond donors (Lipinski definition) is 0. The summed E-state index contributed by atoms with van der Waals surface area (Å²) in [4.78, 5) is 0. The minimum Gasteiger partial charge on any atom is -0.385 e. The maximum atomic E-state index is 5.61. The molecule has 0 bridgehead atoms. The van der Waals surface area contributed by atoms with Crippen LogP contribution >= 0.6 is 0 Å². The molecule has 0 N–H and O–H groups in total. The molecule has 1 aliphatic rings. The summed E-state index contributed by atoms with van der Waals surface area (Å²) in [6, 6.07) is 0. The van der Waals surface area contributed by atoms with E-state index in [2.05, 4.69) is 26.7 Å². The third kappa shape index (κ3) is 7.84. The first-order chi connectivity index (χ1) is 6.83. The number of rotatable bonds is 6. The van der Waals surface area contributed by atoms with Crippen LogP contribution in [0.3, 0.4) is 0 Å². The van der Waals surface area contributed by atoms with Gasteiger partial charge in [-0.05, 0) is 19.3 Å². The molecule has 1 fully saturated rings. The first kappa shape index (κ1) is 16.0. The van der Waals surface area contributed by atoms with Crippen LogP contribution in [0.4, 0.5) is 0 Å². The molecule has 87 valence electrons. The summed E-state index contributed by atoms with van der Waals surface area (Å²) in [5, 5.41) is 0. The second-order valence-corrected chi connectivity index (χ2v) is 3.99. The minimum atomic E-state index is 0. The third-order valence-electron chi connectivity index (χ3n) is 2.53. The molecule has 0 aromatic carbocycles. The first-order valence-corrected chi connectivity index (χ1v) is 5.67. The van der Waals surface area contributed by atoms with Crippen LogP contribution in [0.15, 0.2) is 0 Å². The van der Waals surface area contributed by atoms with Gasteiger partial charge < -0.3 is 22.3 Å². The van der Waals surface area contributed by atoms with E-state index in [4.69, 9.17) is 9.47 Å². The Morgan fingerprint density at radius 1 is 1.47 bits per heavy atom. The minimum absolute atomic E-state index is 0. The average molecular weight is 287 g/mol. The second kappa shape index (κ2) is 10.2. The van der Waals surface area contributed by atoms with E-state index in [1.165, 1.54) is 12.8 Å². The van der Waals surface area contributed by atoms with Gasteiger partial charge in [-0.15, -0.1) is 0 Å². The molecular weight excluding hydrogens is 265 g/mol. The molecule has 1 aliphatic heterocycles. The summed E-state index contributed by atoms with van der Waals surface area (Å²) >= 11 is 0. The molecule has 1 heterocycles. The fourth-order valence-corrected chi connectivity index (χ4v) is 1.64. The van der Waals surface area contributed by atoms with Crippen molar-refractivity contribution in [1.82, 2.24) is 0 Å². The van der Waals surface area contributed by atoms with Gasteiger partial charge in [-0.3, -0.25) is 0 Å². The van der Waals surface area contributed by atoms with E-state index in [0.29, 0.717) is 5.92 Å². The summed E-state index contributed by atoms with van der Waals surface area (Å²) < 4.78 is 11.1. The Balaban J connectivity index is 0.00000196. The smallest absolute Gasteiger partial charge is 0.154 e. The molecule has 0 aliphatic carbocycles. The topological polar surface area (TPSA) is 18.5 Å². The summed E-state index contributed by atoms with van der Waals surface area (Å²) in [6.45, 7) is 5.89. The van der Waals surface area contributed by atoms with Crippen molar-refractivity contribution in [2.45, 2.75) is 45.8 Å². The van der Waals surface area contributed by atoms with Crippen LogP contribution in [0.5, 0.6) is 0 Å². The van der Waals surface area contributed by atoms with Crippen molar-refractivity contribution in [2.75, 3.05) is 13.2 Å². The van der Waals surface area contributed by atoms with Crippen molar-refractivity contribution in [1.29, 1.82) is 0 Å². The molecule has 0 spiro atoms. The normalized spacial score (nSPS) is 23.2. The molecule has 3 heteroatoms. The van der Waals surface area contributed by atoms with Gasteiger partial charge in [0.2, 0.25) is 0 Å². The van der Waals surface area contributed by atoms with Crippen molar-refractivity contribution < 1.29 is 42.2 Å². The zero-order valence-electron chi connectivity index (χ0n) is 9.95. The van der Waals surface area contributed by atoms with Gasteiger partial charge in [-0.1, -0.05) is 13.5 Å². The van der Waals surface area contributed by atoms with Crippen LogP contribution in [-0.4, -0.2) is 19.5 Å². The molecule has 2 atom stereocenters. The average Bonchev–Trinajstić information content (AvgIpc) is 2.20. The van der Waals surface area contributed by atoms with Gasteiger partial charge in [0.15, 0.2) is 6.29 Å². The maximum Gasteiger partial charge on any atom is 0.154 e. The fraction of sp³-hybridized carbons (Fsp3) is 0.833. The molecule has 0 aromatic heterocycles. The van der Waals surface area contributed by atoms with Crippen LogP contribution in [0, 0.1) is 18.8 Å². The van der Waals surface area contributed by atoms with Crippen LogP contribution in [0.2, 0.25) is 0 Å². The predicted molar refractivity (Wildman–Crippen MR) is 57.6 cm³/mol. The van der Waals surface area contributed by atoms with Crippen LogP contribution in [-0.2, 0) is 42.2 Å². The van der Waals surface area contributed by atoms with E-state index in [9.17, 15) is 0 Å². The summed E-state index contributed by atoms with van der Waals surface area (Å²) in [5.41, 5.74) is 0. The molecule has 0 aromatic rings. The first-order valence-electron chi connectivity index (χ1n) is 5.67. The van der Waals surface area contributed by atoms with Gasteiger partial charge in [0.25, 0.3) is 0 Å². The van der Waals surface area contributed by atoms with E-state index in [0.717, 1.165) is 26.1 Å². The second-order valence-electron chi connectivity index (χ2n) is 3.99. The molecular formula is C12H22O2Y-2. The Hall–Kier alpha value is 1.02. The van der Waals surface area contributed by atoms with Crippen molar-refractivity contribution >= 4 is 0 Å². The van der Waals surface area contributed by atoms with Crippen molar-refractivity contribution in [2.24, 2.45) is 5.92 Å². The van der Waals surface area contributed by atoms with E-state index >= 15 is 0 Å².